The van der Waals surface area contributed by atoms with E-state index >= 15 is 0 Å². The van der Waals surface area contributed by atoms with Crippen LogP contribution >= 0.6 is 0 Å². The van der Waals surface area contributed by atoms with Crippen molar-refractivity contribution in [3.63, 3.8) is 0 Å². The van der Waals surface area contributed by atoms with Gasteiger partial charge in [-0.1, -0.05) is 52.4 Å². The van der Waals surface area contributed by atoms with Crippen molar-refractivity contribution < 1.29 is 9.18 Å². The van der Waals surface area contributed by atoms with Gasteiger partial charge < -0.3 is 15.1 Å². The number of carbonyl (C=O) groups excluding carboxylic acids is 1. The van der Waals surface area contributed by atoms with E-state index in [2.05, 4.69) is 44.0 Å². The maximum absolute atomic E-state index is 13.6. The molecule has 1 aliphatic heterocycles. The Morgan fingerprint density at radius 2 is 1.72 bits per heavy atom. The summed E-state index contributed by atoms with van der Waals surface area (Å²) >= 11 is 0. The van der Waals surface area contributed by atoms with Gasteiger partial charge in [-0.05, 0) is 39.8 Å². The number of hydrogen-bond donors (Lipinski definition) is 1. The van der Waals surface area contributed by atoms with Gasteiger partial charge in [-0.3, -0.25) is 4.79 Å². The van der Waals surface area contributed by atoms with E-state index in [0.717, 1.165) is 19.6 Å². The van der Waals surface area contributed by atoms with E-state index in [1.807, 2.05) is 0 Å². The van der Waals surface area contributed by atoms with Crippen molar-refractivity contribution in [2.24, 2.45) is 0 Å². The maximum atomic E-state index is 13.6. The Hall–Kier alpha value is -1.19. The van der Waals surface area contributed by atoms with Crippen LogP contribution in [0.25, 0.3) is 0 Å². The van der Waals surface area contributed by atoms with Crippen LogP contribution in [0.3, 0.4) is 0 Å². The second-order valence-corrected chi connectivity index (χ2v) is 9.16. The molecule has 2 unspecified atom stereocenters. The highest BCUT2D eigenvalue weighted by molar-refractivity contribution is 5.79. The molecule has 29 heavy (non-hydrogen) atoms. The van der Waals surface area contributed by atoms with Crippen molar-refractivity contribution >= 4 is 5.91 Å². The second kappa shape index (κ2) is 13.9. The lowest BCUT2D eigenvalue weighted by Gasteiger charge is -2.34. The van der Waals surface area contributed by atoms with Gasteiger partial charge in [0.05, 0.1) is 19.2 Å². The number of alkyl halides is 1. The van der Waals surface area contributed by atoms with Gasteiger partial charge in [0.15, 0.2) is 0 Å². The zero-order chi connectivity index (χ0) is 21.7. The molecule has 0 aromatic heterocycles. The Morgan fingerprint density at radius 3 is 2.24 bits per heavy atom. The van der Waals surface area contributed by atoms with Crippen molar-refractivity contribution in [2.75, 3.05) is 32.7 Å². The molecule has 0 aromatic rings. The van der Waals surface area contributed by atoms with E-state index in [1.165, 1.54) is 56.3 Å². The van der Waals surface area contributed by atoms with Gasteiger partial charge in [0.2, 0.25) is 5.91 Å². The molecule has 1 heterocycles. The molecule has 0 saturated carbocycles. The summed E-state index contributed by atoms with van der Waals surface area (Å²) in [7, 11) is 0. The largest absolute Gasteiger partial charge is 0.323 e. The van der Waals surface area contributed by atoms with Crippen LogP contribution in [0.4, 0.5) is 4.39 Å². The number of nitriles is 1. The predicted molar refractivity (Wildman–Crippen MR) is 117 cm³/mol. The Labute approximate surface area is 178 Å². The molecule has 1 fully saturated rings. The average molecular weight is 411 g/mol. The number of likely N-dealkylation sites (tertiary alicyclic amines) is 1. The fraction of sp³-hybridized carbons (Fsp3) is 0.913. The van der Waals surface area contributed by atoms with Crippen LogP contribution in [-0.2, 0) is 4.79 Å². The van der Waals surface area contributed by atoms with Crippen LogP contribution in [0.5, 0.6) is 0 Å². The lowest BCUT2D eigenvalue weighted by Crippen LogP contribution is -2.53. The van der Waals surface area contributed by atoms with Crippen molar-refractivity contribution in [3.8, 4) is 6.07 Å². The summed E-state index contributed by atoms with van der Waals surface area (Å²) in [6.07, 6.45) is 9.06. The van der Waals surface area contributed by atoms with Crippen molar-refractivity contribution in [1.29, 1.82) is 5.26 Å². The number of rotatable bonds is 15. The molecule has 1 amide bonds. The summed E-state index contributed by atoms with van der Waals surface area (Å²) in [6.45, 7) is 12.0. The van der Waals surface area contributed by atoms with Crippen LogP contribution in [0.1, 0.15) is 85.5 Å². The molecule has 0 aromatic carbocycles. The third-order valence-electron chi connectivity index (χ3n) is 5.71. The maximum Gasteiger partial charge on any atom is 0.237 e. The summed E-state index contributed by atoms with van der Waals surface area (Å²) in [4.78, 5) is 16.4. The summed E-state index contributed by atoms with van der Waals surface area (Å²) in [5, 5.41) is 12.5. The topological polar surface area (TPSA) is 59.4 Å². The Balaban J connectivity index is 2.51. The van der Waals surface area contributed by atoms with Gasteiger partial charge in [0.25, 0.3) is 0 Å². The summed E-state index contributed by atoms with van der Waals surface area (Å²) in [5.41, 5.74) is -0.220. The van der Waals surface area contributed by atoms with E-state index in [1.54, 1.807) is 0 Å². The summed E-state index contributed by atoms with van der Waals surface area (Å²) in [6, 6.07) is 1.42. The van der Waals surface area contributed by atoms with Gasteiger partial charge in [-0.2, -0.15) is 5.26 Å². The van der Waals surface area contributed by atoms with Gasteiger partial charge in [0.1, 0.15) is 12.2 Å². The second-order valence-electron chi connectivity index (χ2n) is 9.16. The van der Waals surface area contributed by atoms with Crippen molar-refractivity contribution in [2.45, 2.75) is 103 Å². The highest BCUT2D eigenvalue weighted by Gasteiger charge is 2.35. The number of hydrogen-bond acceptors (Lipinski definition) is 4. The normalized spacial score (nSPS) is 19.7. The first-order valence-electron chi connectivity index (χ1n) is 11.6. The lowest BCUT2D eigenvalue weighted by atomic mass is 10.0. The smallest absolute Gasteiger partial charge is 0.237 e. The first-order valence-corrected chi connectivity index (χ1v) is 11.6. The first-order chi connectivity index (χ1) is 13.8. The van der Waals surface area contributed by atoms with Crippen LogP contribution in [-0.4, -0.2) is 66.2 Å². The minimum atomic E-state index is -1.08. The summed E-state index contributed by atoms with van der Waals surface area (Å²) < 4.78 is 13.6. The highest BCUT2D eigenvalue weighted by Crippen LogP contribution is 2.20. The Morgan fingerprint density at radius 1 is 1.14 bits per heavy atom. The molecule has 1 aliphatic rings. The van der Waals surface area contributed by atoms with E-state index < -0.39 is 12.2 Å². The molecule has 1 rings (SSSR count). The van der Waals surface area contributed by atoms with Crippen molar-refractivity contribution in [3.05, 3.63) is 0 Å². The van der Waals surface area contributed by atoms with E-state index in [4.69, 9.17) is 5.26 Å². The minimum absolute atomic E-state index is 0.0418. The highest BCUT2D eigenvalue weighted by atomic mass is 19.1. The average Bonchev–Trinajstić information content (AvgIpc) is 3.07. The van der Waals surface area contributed by atoms with Crippen LogP contribution in [0.2, 0.25) is 0 Å². The zero-order valence-corrected chi connectivity index (χ0v) is 19.2. The fourth-order valence-electron chi connectivity index (χ4n) is 4.01. The minimum Gasteiger partial charge on any atom is -0.323 e. The third-order valence-corrected chi connectivity index (χ3v) is 5.71. The number of unbranched alkanes of at least 4 members (excludes halogenated alkanes) is 6. The van der Waals surface area contributed by atoms with Gasteiger partial charge in [-0.15, -0.1) is 0 Å². The van der Waals surface area contributed by atoms with E-state index in [9.17, 15) is 9.18 Å². The predicted octanol–water partition coefficient (Wildman–Crippen LogP) is 4.28. The van der Waals surface area contributed by atoms with Gasteiger partial charge >= 0.3 is 0 Å². The van der Waals surface area contributed by atoms with Crippen LogP contribution < -0.4 is 5.32 Å². The molecule has 0 radical (unpaired) electrons. The molecule has 0 aliphatic carbocycles. The quantitative estimate of drug-likeness (QED) is 0.409. The first kappa shape index (κ1) is 25.8. The number of carbonyl (C=O) groups is 1. The molecule has 6 heteroatoms. The Bertz CT molecular complexity index is 494. The SMILES string of the molecule is CCCCCCN(CCCCCC)CC(C)(C)NCC(=O)N1CC(F)CC1C#N. The molecule has 0 bridgehead atoms. The molecular formula is C23H43FN4O. The number of nitrogens with zero attached hydrogens (tertiary/aromatic N) is 3. The lowest BCUT2D eigenvalue weighted by molar-refractivity contribution is -0.130. The molecular weight excluding hydrogens is 367 g/mol. The number of halogens is 1. The molecule has 168 valence electrons. The van der Waals surface area contributed by atoms with Crippen molar-refractivity contribution in [1.82, 2.24) is 15.1 Å². The molecule has 1 N–H and O–H groups in total. The monoisotopic (exact) mass is 410 g/mol. The Kier molecular flexibility index (Phi) is 12.4. The van der Waals surface area contributed by atoms with E-state index in [0.29, 0.717) is 0 Å². The van der Waals surface area contributed by atoms with E-state index in [-0.39, 0.29) is 31.0 Å². The number of amides is 1. The zero-order valence-electron chi connectivity index (χ0n) is 19.2. The van der Waals surface area contributed by atoms with Crippen LogP contribution in [0, 0.1) is 11.3 Å². The number of nitrogens with one attached hydrogen (secondary N) is 1. The van der Waals surface area contributed by atoms with Gasteiger partial charge in [0, 0.05) is 18.5 Å². The third kappa shape index (κ3) is 10.4. The molecule has 2 atom stereocenters. The summed E-state index contributed by atoms with van der Waals surface area (Å²) in [5.74, 6) is -0.179. The molecule has 0 spiro atoms. The molecule has 1 saturated heterocycles. The molecule has 5 nitrogen and oxygen atoms in total. The van der Waals surface area contributed by atoms with Gasteiger partial charge in [-0.25, -0.2) is 4.39 Å². The standard InChI is InChI=1S/C23H43FN4O/c1-5-7-9-11-13-27(14-12-10-8-6-2)19-23(3,4)26-17-22(29)28-18-20(24)15-21(28)16-25/h20-21,26H,5-15,17-19H2,1-4H3. The van der Waals surface area contributed by atoms with Crippen LogP contribution in [0.15, 0.2) is 0 Å². The fourth-order valence-corrected chi connectivity index (χ4v) is 4.01.